The van der Waals surface area contributed by atoms with Crippen LogP contribution in [-0.4, -0.2) is 7.11 Å². The molecule has 2 aromatic carbocycles. The summed E-state index contributed by atoms with van der Waals surface area (Å²) in [5, 5.41) is 0. The van der Waals surface area contributed by atoms with E-state index < -0.39 is 5.82 Å². The summed E-state index contributed by atoms with van der Waals surface area (Å²) in [6.07, 6.45) is 0. The molecule has 0 unspecified atom stereocenters. The highest BCUT2D eigenvalue weighted by Crippen LogP contribution is 2.28. The second kappa shape index (κ2) is 6.91. The Bertz CT molecular complexity index is 632. The minimum atomic E-state index is -0.401. The van der Waals surface area contributed by atoms with Crippen molar-refractivity contribution < 1.29 is 13.9 Å². The molecule has 0 aliphatic carbocycles. The van der Waals surface area contributed by atoms with E-state index in [0.29, 0.717) is 5.75 Å². The van der Waals surface area contributed by atoms with Gasteiger partial charge < -0.3 is 15.2 Å². The third kappa shape index (κ3) is 3.95. The van der Waals surface area contributed by atoms with Crippen LogP contribution in [0.15, 0.2) is 40.9 Å². The molecule has 0 aliphatic rings. The second-order valence-electron chi connectivity index (χ2n) is 4.73. The van der Waals surface area contributed by atoms with E-state index in [1.165, 1.54) is 13.2 Å². The fourth-order valence-electron chi connectivity index (χ4n) is 1.97. The lowest BCUT2D eigenvalue weighted by atomic mass is 10.1. The number of halogens is 2. The van der Waals surface area contributed by atoms with Crippen LogP contribution in [0.5, 0.6) is 11.5 Å². The molecule has 0 amide bonds. The van der Waals surface area contributed by atoms with Crippen LogP contribution in [0.4, 0.5) is 4.39 Å². The lowest BCUT2D eigenvalue weighted by Gasteiger charge is -2.15. The van der Waals surface area contributed by atoms with Gasteiger partial charge in [0, 0.05) is 16.1 Å². The van der Waals surface area contributed by atoms with E-state index in [-0.39, 0.29) is 18.4 Å². The molecule has 0 spiro atoms. The van der Waals surface area contributed by atoms with Crippen molar-refractivity contribution in [3.63, 3.8) is 0 Å². The monoisotopic (exact) mass is 353 g/mol. The van der Waals surface area contributed by atoms with Crippen molar-refractivity contribution >= 4 is 15.9 Å². The Labute approximate surface area is 132 Å². The van der Waals surface area contributed by atoms with Gasteiger partial charge in [0.25, 0.3) is 0 Å². The van der Waals surface area contributed by atoms with Crippen LogP contribution >= 0.6 is 15.9 Å². The molecule has 3 nitrogen and oxygen atoms in total. The summed E-state index contributed by atoms with van der Waals surface area (Å²) in [6.45, 7) is 2.16. The first-order valence-electron chi connectivity index (χ1n) is 6.51. The smallest absolute Gasteiger partial charge is 0.165 e. The van der Waals surface area contributed by atoms with Gasteiger partial charge >= 0.3 is 0 Å². The maximum absolute atomic E-state index is 13.6. The van der Waals surface area contributed by atoms with Crippen molar-refractivity contribution in [2.75, 3.05) is 7.11 Å². The third-order valence-electron chi connectivity index (χ3n) is 3.07. The van der Waals surface area contributed by atoms with Gasteiger partial charge in [0.05, 0.1) is 7.11 Å². The SMILES string of the molecule is COc1ccc(COc2ccc(Br)cc2[C@H](C)N)cc1F. The molecule has 1 atom stereocenters. The Balaban J connectivity index is 2.15. The van der Waals surface area contributed by atoms with Crippen molar-refractivity contribution in [1.82, 2.24) is 0 Å². The zero-order valence-electron chi connectivity index (χ0n) is 11.9. The molecule has 0 aliphatic heterocycles. The molecule has 112 valence electrons. The van der Waals surface area contributed by atoms with Gasteiger partial charge in [0.15, 0.2) is 11.6 Å². The van der Waals surface area contributed by atoms with Crippen LogP contribution in [0.2, 0.25) is 0 Å². The predicted molar refractivity (Wildman–Crippen MR) is 84.0 cm³/mol. The first-order valence-corrected chi connectivity index (χ1v) is 7.31. The molecule has 2 rings (SSSR count). The summed E-state index contributed by atoms with van der Waals surface area (Å²) in [7, 11) is 1.44. The summed E-state index contributed by atoms with van der Waals surface area (Å²) in [5.74, 6) is 0.518. The molecule has 0 saturated heterocycles. The Morgan fingerprint density at radius 3 is 2.52 bits per heavy atom. The lowest BCUT2D eigenvalue weighted by Crippen LogP contribution is -2.08. The molecule has 0 radical (unpaired) electrons. The summed E-state index contributed by atoms with van der Waals surface area (Å²) >= 11 is 3.41. The first-order chi connectivity index (χ1) is 10.0. The van der Waals surface area contributed by atoms with E-state index in [4.69, 9.17) is 15.2 Å². The Hall–Kier alpha value is -1.59. The summed E-state index contributed by atoms with van der Waals surface area (Å²) < 4.78 is 25.2. The van der Waals surface area contributed by atoms with E-state index in [1.54, 1.807) is 12.1 Å². The highest BCUT2D eigenvalue weighted by molar-refractivity contribution is 9.10. The number of methoxy groups -OCH3 is 1. The van der Waals surface area contributed by atoms with Crippen molar-refractivity contribution in [1.29, 1.82) is 0 Å². The Morgan fingerprint density at radius 1 is 1.19 bits per heavy atom. The van der Waals surface area contributed by atoms with Crippen LogP contribution < -0.4 is 15.2 Å². The van der Waals surface area contributed by atoms with Crippen LogP contribution in [-0.2, 0) is 6.61 Å². The zero-order valence-corrected chi connectivity index (χ0v) is 13.5. The van der Waals surface area contributed by atoms with Crippen molar-refractivity contribution in [2.24, 2.45) is 5.73 Å². The van der Waals surface area contributed by atoms with Crippen LogP contribution in [0.1, 0.15) is 24.1 Å². The number of rotatable bonds is 5. The van der Waals surface area contributed by atoms with E-state index in [9.17, 15) is 4.39 Å². The van der Waals surface area contributed by atoms with Crippen LogP contribution in [0, 0.1) is 5.82 Å². The van der Waals surface area contributed by atoms with Gasteiger partial charge in [-0.2, -0.15) is 0 Å². The zero-order chi connectivity index (χ0) is 15.4. The summed E-state index contributed by atoms with van der Waals surface area (Å²) in [5.41, 5.74) is 7.57. The van der Waals surface area contributed by atoms with Gasteiger partial charge in [0.2, 0.25) is 0 Å². The van der Waals surface area contributed by atoms with Crippen molar-refractivity contribution in [3.05, 3.63) is 57.8 Å². The third-order valence-corrected chi connectivity index (χ3v) is 3.57. The van der Waals surface area contributed by atoms with Crippen molar-refractivity contribution in [3.8, 4) is 11.5 Å². The average molecular weight is 354 g/mol. The van der Waals surface area contributed by atoms with Gasteiger partial charge in [-0.25, -0.2) is 4.39 Å². The molecule has 0 saturated carbocycles. The van der Waals surface area contributed by atoms with Gasteiger partial charge in [-0.15, -0.1) is 0 Å². The van der Waals surface area contributed by atoms with Crippen LogP contribution in [0.3, 0.4) is 0 Å². The number of benzene rings is 2. The van der Waals surface area contributed by atoms with Gasteiger partial charge in [-0.3, -0.25) is 0 Å². The highest BCUT2D eigenvalue weighted by atomic mass is 79.9. The summed E-state index contributed by atoms with van der Waals surface area (Å²) in [6, 6.07) is 10.3. The van der Waals surface area contributed by atoms with E-state index in [0.717, 1.165) is 15.6 Å². The fraction of sp³-hybridized carbons (Fsp3) is 0.250. The summed E-state index contributed by atoms with van der Waals surface area (Å²) in [4.78, 5) is 0. The molecule has 0 fully saturated rings. The molecule has 5 heteroatoms. The quantitative estimate of drug-likeness (QED) is 0.876. The topological polar surface area (TPSA) is 44.5 Å². The molecule has 0 heterocycles. The minimum Gasteiger partial charge on any atom is -0.494 e. The van der Waals surface area contributed by atoms with E-state index in [1.807, 2.05) is 25.1 Å². The number of hydrogen-bond acceptors (Lipinski definition) is 3. The van der Waals surface area contributed by atoms with Crippen molar-refractivity contribution in [2.45, 2.75) is 19.6 Å². The maximum atomic E-state index is 13.6. The molecule has 0 aromatic heterocycles. The average Bonchev–Trinajstić information content (AvgIpc) is 2.46. The molecule has 0 bridgehead atoms. The van der Waals surface area contributed by atoms with Crippen LogP contribution in [0.25, 0.3) is 0 Å². The molecule has 2 N–H and O–H groups in total. The minimum absolute atomic E-state index is 0.148. The molecular weight excluding hydrogens is 337 g/mol. The maximum Gasteiger partial charge on any atom is 0.165 e. The number of hydrogen-bond donors (Lipinski definition) is 1. The fourth-order valence-corrected chi connectivity index (χ4v) is 2.35. The van der Waals surface area contributed by atoms with E-state index >= 15 is 0 Å². The van der Waals surface area contributed by atoms with Gasteiger partial charge in [-0.05, 0) is 42.8 Å². The Morgan fingerprint density at radius 2 is 1.90 bits per heavy atom. The predicted octanol–water partition coefficient (Wildman–Crippen LogP) is 4.20. The molecule has 21 heavy (non-hydrogen) atoms. The lowest BCUT2D eigenvalue weighted by molar-refractivity contribution is 0.300. The standard InChI is InChI=1S/C16H17BrFNO2/c1-10(19)13-8-12(17)4-6-15(13)21-9-11-3-5-16(20-2)14(18)7-11/h3-8,10H,9,19H2,1-2H3/t10-/m0/s1. The molecule has 2 aromatic rings. The second-order valence-corrected chi connectivity index (χ2v) is 5.64. The van der Waals surface area contributed by atoms with E-state index in [2.05, 4.69) is 15.9 Å². The van der Waals surface area contributed by atoms with Gasteiger partial charge in [-0.1, -0.05) is 22.0 Å². The molecular formula is C16H17BrFNO2. The number of nitrogens with two attached hydrogens (primary N) is 1. The normalized spacial score (nSPS) is 12.0. The highest BCUT2D eigenvalue weighted by Gasteiger charge is 2.10. The largest absolute Gasteiger partial charge is 0.494 e. The number of ether oxygens (including phenoxy) is 2. The Kier molecular flexibility index (Phi) is 5.20. The first kappa shape index (κ1) is 15.8. The van der Waals surface area contributed by atoms with Gasteiger partial charge in [0.1, 0.15) is 12.4 Å².